The van der Waals surface area contributed by atoms with E-state index in [9.17, 15) is 9.90 Å². The minimum atomic E-state index is -1.13. The number of ether oxygens (including phenoxy) is 3. The molecule has 0 spiro atoms. The number of hydrogen-bond acceptors (Lipinski definition) is 4. The Balaban J connectivity index is 1.64. The summed E-state index contributed by atoms with van der Waals surface area (Å²) >= 11 is 5.84. The molecule has 0 amide bonds. The number of carbonyl (C=O) groups is 1. The van der Waals surface area contributed by atoms with Crippen molar-refractivity contribution in [3.8, 4) is 17.2 Å². The van der Waals surface area contributed by atoms with E-state index in [1.54, 1.807) is 54.6 Å². The zero-order valence-corrected chi connectivity index (χ0v) is 18.4. The summed E-state index contributed by atoms with van der Waals surface area (Å²) in [5.41, 5.74) is 1.52. The molecule has 1 N–H and O–H groups in total. The van der Waals surface area contributed by atoms with Gasteiger partial charge in [0.15, 0.2) is 0 Å². The van der Waals surface area contributed by atoms with Gasteiger partial charge in [-0.1, -0.05) is 56.6 Å². The summed E-state index contributed by atoms with van der Waals surface area (Å²) in [6, 6.07) is 21.2. The molecule has 0 bridgehead atoms. The first-order valence-electron chi connectivity index (χ1n) is 9.83. The van der Waals surface area contributed by atoms with Gasteiger partial charge in [0, 0.05) is 10.6 Å². The number of rotatable bonds is 8. The maximum absolute atomic E-state index is 11.8. The SMILES string of the molecule is CC(C)(C)c1cccc(OC(C(=O)O)c2ccc(OCOc3ccc(Cl)cc3)cc2)c1. The van der Waals surface area contributed by atoms with Gasteiger partial charge in [0.05, 0.1) is 0 Å². The average molecular weight is 441 g/mol. The van der Waals surface area contributed by atoms with Crippen molar-refractivity contribution >= 4 is 17.6 Å². The van der Waals surface area contributed by atoms with E-state index in [1.807, 2.05) is 18.2 Å². The topological polar surface area (TPSA) is 65.0 Å². The molecule has 0 saturated heterocycles. The third-order valence-electron chi connectivity index (χ3n) is 4.63. The fourth-order valence-electron chi connectivity index (χ4n) is 2.87. The molecule has 5 nitrogen and oxygen atoms in total. The summed E-state index contributed by atoms with van der Waals surface area (Å²) in [5.74, 6) is 0.631. The smallest absolute Gasteiger partial charge is 0.349 e. The van der Waals surface area contributed by atoms with E-state index in [2.05, 4.69) is 20.8 Å². The molecule has 0 aliphatic heterocycles. The first kappa shape index (κ1) is 22.5. The van der Waals surface area contributed by atoms with Crippen LogP contribution in [-0.4, -0.2) is 17.9 Å². The first-order chi connectivity index (χ1) is 14.7. The lowest BCUT2D eigenvalue weighted by Gasteiger charge is -2.21. The van der Waals surface area contributed by atoms with Crippen LogP contribution in [0.1, 0.15) is 38.0 Å². The van der Waals surface area contributed by atoms with Gasteiger partial charge in [0.25, 0.3) is 0 Å². The summed E-state index contributed by atoms with van der Waals surface area (Å²) in [6.07, 6.45) is -1.13. The predicted molar refractivity (Wildman–Crippen MR) is 120 cm³/mol. The molecule has 0 saturated carbocycles. The van der Waals surface area contributed by atoms with Crippen molar-refractivity contribution in [2.45, 2.75) is 32.3 Å². The maximum Gasteiger partial charge on any atom is 0.349 e. The molecule has 1 unspecified atom stereocenters. The Kier molecular flexibility index (Phi) is 7.08. The van der Waals surface area contributed by atoms with Crippen molar-refractivity contribution in [3.63, 3.8) is 0 Å². The van der Waals surface area contributed by atoms with E-state index in [1.165, 1.54) is 0 Å². The van der Waals surface area contributed by atoms with E-state index in [4.69, 9.17) is 25.8 Å². The van der Waals surface area contributed by atoms with Gasteiger partial charge in [-0.25, -0.2) is 4.79 Å². The molecule has 0 aliphatic rings. The van der Waals surface area contributed by atoms with Gasteiger partial charge >= 0.3 is 5.97 Å². The fourth-order valence-corrected chi connectivity index (χ4v) is 2.99. The second-order valence-electron chi connectivity index (χ2n) is 8.04. The highest BCUT2D eigenvalue weighted by atomic mass is 35.5. The minimum Gasteiger partial charge on any atom is -0.478 e. The Labute approximate surface area is 187 Å². The van der Waals surface area contributed by atoms with Crippen LogP contribution in [-0.2, 0) is 10.2 Å². The predicted octanol–water partition coefficient (Wildman–Crippen LogP) is 6.26. The molecule has 0 aliphatic carbocycles. The molecular formula is C25H25ClO5. The van der Waals surface area contributed by atoms with Crippen LogP contribution in [0, 0.1) is 0 Å². The maximum atomic E-state index is 11.8. The summed E-state index contributed by atoms with van der Waals surface area (Å²) in [7, 11) is 0. The van der Waals surface area contributed by atoms with Crippen molar-refractivity contribution in [3.05, 3.63) is 88.9 Å². The largest absolute Gasteiger partial charge is 0.478 e. The molecule has 0 aromatic heterocycles. The quantitative estimate of drug-likeness (QED) is 0.419. The van der Waals surface area contributed by atoms with Gasteiger partial charge in [-0.05, 0) is 59.5 Å². The molecule has 3 rings (SSSR count). The number of hydrogen-bond donors (Lipinski definition) is 1. The van der Waals surface area contributed by atoms with Crippen LogP contribution in [0.5, 0.6) is 17.2 Å². The van der Waals surface area contributed by atoms with Crippen LogP contribution in [0.2, 0.25) is 5.02 Å². The molecule has 0 radical (unpaired) electrons. The zero-order chi connectivity index (χ0) is 22.4. The highest BCUT2D eigenvalue weighted by Crippen LogP contribution is 2.29. The highest BCUT2D eigenvalue weighted by molar-refractivity contribution is 6.30. The third-order valence-corrected chi connectivity index (χ3v) is 4.88. The Hall–Kier alpha value is -3.18. The van der Waals surface area contributed by atoms with Gasteiger partial charge in [-0.2, -0.15) is 0 Å². The van der Waals surface area contributed by atoms with Gasteiger partial charge in [0.2, 0.25) is 12.9 Å². The molecule has 3 aromatic carbocycles. The standard InChI is InChI=1S/C25H25ClO5/c1-25(2,3)18-5-4-6-22(15-18)31-23(24(27)28)17-7-11-20(12-8-17)29-16-30-21-13-9-19(26)10-14-21/h4-15,23H,16H2,1-3H3,(H,27,28). The zero-order valence-electron chi connectivity index (χ0n) is 17.7. The number of carboxylic acids is 1. The van der Waals surface area contributed by atoms with Crippen molar-refractivity contribution < 1.29 is 24.1 Å². The lowest BCUT2D eigenvalue weighted by Crippen LogP contribution is -2.19. The molecule has 162 valence electrons. The Morgan fingerprint density at radius 2 is 1.48 bits per heavy atom. The molecule has 0 fully saturated rings. The summed E-state index contributed by atoms with van der Waals surface area (Å²) in [6.45, 7) is 6.29. The molecule has 3 aromatic rings. The Morgan fingerprint density at radius 3 is 2.03 bits per heavy atom. The lowest BCUT2D eigenvalue weighted by molar-refractivity contribution is -0.145. The monoisotopic (exact) mass is 440 g/mol. The summed E-state index contributed by atoms with van der Waals surface area (Å²) < 4.78 is 16.9. The van der Waals surface area contributed by atoms with Crippen LogP contribution in [0.4, 0.5) is 0 Å². The highest BCUT2D eigenvalue weighted by Gasteiger charge is 2.23. The number of halogens is 1. The van der Waals surface area contributed by atoms with Crippen molar-refractivity contribution in [2.24, 2.45) is 0 Å². The van der Waals surface area contributed by atoms with Crippen molar-refractivity contribution in [2.75, 3.05) is 6.79 Å². The van der Waals surface area contributed by atoms with Crippen LogP contribution < -0.4 is 14.2 Å². The minimum absolute atomic E-state index is 0.0133. The number of aliphatic carboxylic acids is 1. The van der Waals surface area contributed by atoms with E-state index < -0.39 is 12.1 Å². The average Bonchev–Trinajstić information content (AvgIpc) is 2.73. The number of benzene rings is 3. The van der Waals surface area contributed by atoms with E-state index in [0.717, 1.165) is 5.56 Å². The Morgan fingerprint density at radius 1 is 0.903 bits per heavy atom. The fraction of sp³-hybridized carbons (Fsp3) is 0.240. The van der Waals surface area contributed by atoms with Gasteiger partial charge < -0.3 is 19.3 Å². The second-order valence-corrected chi connectivity index (χ2v) is 8.48. The lowest BCUT2D eigenvalue weighted by atomic mass is 9.87. The third kappa shape index (κ3) is 6.40. The second kappa shape index (κ2) is 9.75. The first-order valence-corrected chi connectivity index (χ1v) is 10.2. The van der Waals surface area contributed by atoms with Gasteiger partial charge in [0.1, 0.15) is 17.2 Å². The Bertz CT molecular complexity index is 1010. The van der Waals surface area contributed by atoms with Crippen LogP contribution in [0.25, 0.3) is 0 Å². The van der Waals surface area contributed by atoms with Gasteiger partial charge in [-0.15, -0.1) is 0 Å². The van der Waals surface area contributed by atoms with Crippen molar-refractivity contribution in [1.82, 2.24) is 0 Å². The van der Waals surface area contributed by atoms with E-state index in [-0.39, 0.29) is 12.2 Å². The number of carboxylic acid groups (broad SMARTS) is 1. The molecule has 6 heteroatoms. The molecule has 31 heavy (non-hydrogen) atoms. The molecule has 0 heterocycles. The van der Waals surface area contributed by atoms with Crippen LogP contribution >= 0.6 is 11.6 Å². The summed E-state index contributed by atoms with van der Waals surface area (Å²) in [4.78, 5) is 11.8. The summed E-state index contributed by atoms with van der Waals surface area (Å²) in [5, 5.41) is 10.3. The normalized spacial score (nSPS) is 12.1. The molecular weight excluding hydrogens is 416 g/mol. The molecule has 1 atom stereocenters. The van der Waals surface area contributed by atoms with E-state index >= 15 is 0 Å². The van der Waals surface area contributed by atoms with E-state index in [0.29, 0.717) is 27.8 Å². The van der Waals surface area contributed by atoms with Crippen molar-refractivity contribution in [1.29, 1.82) is 0 Å². The van der Waals surface area contributed by atoms with Crippen LogP contribution in [0.3, 0.4) is 0 Å². The van der Waals surface area contributed by atoms with Gasteiger partial charge in [-0.3, -0.25) is 0 Å². The van der Waals surface area contributed by atoms with Crippen LogP contribution in [0.15, 0.2) is 72.8 Å².